The highest BCUT2D eigenvalue weighted by Crippen LogP contribution is 2.37. The minimum Gasteiger partial charge on any atom is -0.446 e. The van der Waals surface area contributed by atoms with Crippen LogP contribution in [-0.4, -0.2) is 42.7 Å². The van der Waals surface area contributed by atoms with Crippen molar-refractivity contribution in [3.8, 4) is 0 Å². The smallest absolute Gasteiger partial charge is 0.407 e. The molecule has 0 unspecified atom stereocenters. The average Bonchev–Trinajstić information content (AvgIpc) is 3.10. The highest BCUT2D eigenvalue weighted by Gasteiger charge is 2.36. The lowest BCUT2D eigenvalue weighted by Crippen LogP contribution is -2.48. The van der Waals surface area contributed by atoms with Gasteiger partial charge >= 0.3 is 6.09 Å². The molecule has 0 fully saturated rings. The van der Waals surface area contributed by atoms with Gasteiger partial charge in [0.05, 0.1) is 17.8 Å². The molecule has 336 valence electrons. The maximum Gasteiger partial charge on any atom is 0.407 e. The zero-order valence-electron chi connectivity index (χ0n) is 40.3. The summed E-state index contributed by atoms with van der Waals surface area (Å²) in [4.78, 5) is 13.4. The molecule has 0 spiro atoms. The van der Waals surface area contributed by atoms with Crippen molar-refractivity contribution in [1.82, 2.24) is 5.32 Å². The lowest BCUT2D eigenvalue weighted by atomic mass is 9.73. The fraction of sp³-hybridized carbons (Fsp3) is 0.980. The Hall–Kier alpha value is -0.810. The molecule has 5 heteroatoms. The molecule has 0 bridgehead atoms. The van der Waals surface area contributed by atoms with Crippen LogP contribution in [0.1, 0.15) is 281 Å². The van der Waals surface area contributed by atoms with E-state index < -0.39 is 0 Å². The van der Waals surface area contributed by atoms with Gasteiger partial charge in [-0.15, -0.1) is 0 Å². The van der Waals surface area contributed by atoms with Crippen LogP contribution in [0, 0.1) is 5.41 Å². The molecule has 0 saturated heterocycles. The Balaban J connectivity index is 4.74. The summed E-state index contributed by atoms with van der Waals surface area (Å²) in [5, 5.41) is 3.28. The Morgan fingerprint density at radius 2 is 0.821 bits per heavy atom. The molecule has 0 rings (SSSR count). The van der Waals surface area contributed by atoms with Gasteiger partial charge in [0.15, 0.2) is 0 Å². The number of hydrogen-bond acceptors (Lipinski definition) is 4. The molecule has 0 aliphatic rings. The molecule has 0 aromatic rings. The van der Waals surface area contributed by atoms with Gasteiger partial charge in [0, 0.05) is 12.6 Å². The molecule has 0 aliphatic carbocycles. The monoisotopic (exact) mass is 794 g/mol. The van der Waals surface area contributed by atoms with Gasteiger partial charge in [-0.25, -0.2) is 4.79 Å². The van der Waals surface area contributed by atoms with E-state index in [2.05, 4.69) is 74.6 Å². The van der Waals surface area contributed by atoms with Crippen molar-refractivity contribution in [3.05, 3.63) is 0 Å². The van der Waals surface area contributed by atoms with E-state index in [0.29, 0.717) is 6.61 Å². The lowest BCUT2D eigenvalue weighted by Gasteiger charge is -2.40. The number of carbonyl (C=O) groups excluding carboxylic acids is 1. The van der Waals surface area contributed by atoms with E-state index in [4.69, 9.17) is 14.2 Å². The zero-order valence-corrected chi connectivity index (χ0v) is 40.3. The van der Waals surface area contributed by atoms with Crippen molar-refractivity contribution in [1.29, 1.82) is 0 Å². The number of carbonyl (C=O) groups is 1. The number of methoxy groups -OCH3 is 1. The van der Waals surface area contributed by atoms with E-state index in [-0.39, 0.29) is 34.4 Å². The van der Waals surface area contributed by atoms with Crippen LogP contribution in [0.25, 0.3) is 0 Å². The van der Waals surface area contributed by atoms with Gasteiger partial charge in [-0.1, -0.05) is 195 Å². The maximum absolute atomic E-state index is 13.4. The fourth-order valence-electron chi connectivity index (χ4n) is 9.03. The molecule has 5 nitrogen and oxygen atoms in total. The first kappa shape index (κ1) is 55.2. The van der Waals surface area contributed by atoms with Gasteiger partial charge in [0.1, 0.15) is 6.10 Å². The first-order valence-corrected chi connectivity index (χ1v) is 24.7. The molecule has 0 aromatic carbocycles. The molecule has 0 aliphatic heterocycles. The van der Waals surface area contributed by atoms with Gasteiger partial charge in [0.25, 0.3) is 0 Å². The van der Waals surface area contributed by atoms with Crippen LogP contribution in [-0.2, 0) is 14.2 Å². The number of ether oxygens (including phenoxy) is 3. The SMILES string of the molecule is CCCCCCCCCCCCCCCCC(CCCCCCCCCCCCCCCC)OC(=O)NC(C)(C)CC(C)(C)CC(C)(C)OCCC(C)(C)OC. The van der Waals surface area contributed by atoms with Crippen molar-refractivity contribution in [2.24, 2.45) is 5.41 Å². The molecule has 1 amide bonds. The Morgan fingerprint density at radius 3 is 1.16 bits per heavy atom. The summed E-state index contributed by atoms with van der Waals surface area (Å²) in [5.41, 5.74) is -0.868. The minimum absolute atomic E-state index is 0.0112. The average molecular weight is 794 g/mol. The van der Waals surface area contributed by atoms with Gasteiger partial charge < -0.3 is 19.5 Å². The van der Waals surface area contributed by atoms with E-state index in [0.717, 1.165) is 44.9 Å². The van der Waals surface area contributed by atoms with Crippen molar-refractivity contribution in [3.63, 3.8) is 0 Å². The normalized spacial score (nSPS) is 12.9. The minimum atomic E-state index is -0.386. The van der Waals surface area contributed by atoms with Crippen molar-refractivity contribution in [2.75, 3.05) is 13.7 Å². The maximum atomic E-state index is 13.4. The molecule has 0 saturated carbocycles. The Kier molecular flexibility index (Phi) is 33.5. The lowest BCUT2D eigenvalue weighted by molar-refractivity contribution is -0.0764. The molecular weight excluding hydrogens is 691 g/mol. The summed E-state index contributed by atoms with van der Waals surface area (Å²) < 4.78 is 18.2. The van der Waals surface area contributed by atoms with Crippen molar-refractivity contribution in [2.45, 2.75) is 304 Å². The van der Waals surface area contributed by atoms with Crippen molar-refractivity contribution < 1.29 is 19.0 Å². The second-order valence-electron chi connectivity index (χ2n) is 20.6. The van der Waals surface area contributed by atoms with Gasteiger partial charge in [-0.2, -0.15) is 0 Å². The predicted octanol–water partition coefficient (Wildman–Crippen LogP) is 17.0. The highest BCUT2D eigenvalue weighted by molar-refractivity contribution is 5.68. The number of rotatable bonds is 41. The summed E-state index contributed by atoms with van der Waals surface area (Å²) in [6.45, 7) is 22.7. The van der Waals surface area contributed by atoms with Gasteiger partial charge in [-0.05, 0) is 91.9 Å². The molecule has 0 atom stereocenters. The van der Waals surface area contributed by atoms with E-state index in [1.54, 1.807) is 7.11 Å². The summed E-state index contributed by atoms with van der Waals surface area (Å²) in [7, 11) is 1.76. The topological polar surface area (TPSA) is 56.8 Å². The molecule has 56 heavy (non-hydrogen) atoms. The van der Waals surface area contributed by atoms with Crippen LogP contribution in [0.4, 0.5) is 4.79 Å². The van der Waals surface area contributed by atoms with Crippen LogP contribution in [0.15, 0.2) is 0 Å². The van der Waals surface area contributed by atoms with Crippen LogP contribution in [0.2, 0.25) is 0 Å². The molecular formula is C51H103NO4. The van der Waals surface area contributed by atoms with Crippen LogP contribution < -0.4 is 5.32 Å². The van der Waals surface area contributed by atoms with Gasteiger partial charge in [-0.3, -0.25) is 0 Å². The molecule has 0 aromatic heterocycles. The predicted molar refractivity (Wildman–Crippen MR) is 246 cm³/mol. The number of amides is 1. The third-order valence-electron chi connectivity index (χ3n) is 12.0. The third kappa shape index (κ3) is 36.3. The largest absolute Gasteiger partial charge is 0.446 e. The third-order valence-corrected chi connectivity index (χ3v) is 12.0. The number of unbranched alkanes of at least 4 members (excludes halogenated alkanes) is 26. The Morgan fingerprint density at radius 1 is 0.482 bits per heavy atom. The van der Waals surface area contributed by atoms with E-state index in [9.17, 15) is 4.79 Å². The van der Waals surface area contributed by atoms with Crippen molar-refractivity contribution >= 4 is 6.09 Å². The summed E-state index contributed by atoms with van der Waals surface area (Å²) in [6.07, 6.45) is 42.5. The quantitative estimate of drug-likeness (QED) is 0.0627. The van der Waals surface area contributed by atoms with Crippen LogP contribution >= 0.6 is 0 Å². The number of alkyl carbamates (subject to hydrolysis) is 1. The fourth-order valence-corrected chi connectivity index (χ4v) is 9.03. The Bertz CT molecular complexity index is 849. The summed E-state index contributed by atoms with van der Waals surface area (Å²) >= 11 is 0. The first-order valence-electron chi connectivity index (χ1n) is 24.7. The summed E-state index contributed by atoms with van der Waals surface area (Å²) in [5.74, 6) is 0. The molecule has 0 heterocycles. The number of hydrogen-bond donors (Lipinski definition) is 1. The van der Waals surface area contributed by atoms with Crippen LogP contribution in [0.3, 0.4) is 0 Å². The summed E-state index contributed by atoms with van der Waals surface area (Å²) in [6, 6.07) is 0. The first-order chi connectivity index (χ1) is 26.6. The Labute approximate surface area is 352 Å². The van der Waals surface area contributed by atoms with Crippen LogP contribution in [0.5, 0.6) is 0 Å². The zero-order chi connectivity index (χ0) is 42.0. The van der Waals surface area contributed by atoms with E-state index in [1.807, 2.05) is 0 Å². The van der Waals surface area contributed by atoms with Gasteiger partial charge in [0.2, 0.25) is 0 Å². The second-order valence-corrected chi connectivity index (χ2v) is 20.6. The highest BCUT2D eigenvalue weighted by atomic mass is 16.6. The molecule has 1 N–H and O–H groups in total. The second kappa shape index (κ2) is 34.0. The molecule has 0 radical (unpaired) electrons. The van der Waals surface area contributed by atoms with E-state index >= 15 is 0 Å². The van der Waals surface area contributed by atoms with E-state index in [1.165, 1.54) is 167 Å². The number of nitrogens with one attached hydrogen (secondary N) is 1. The standard InChI is InChI=1S/C51H103NO4/c1-12-14-16-18-20-22-24-26-28-30-32-34-36-38-40-46(41-39-37-35-33-31-29-27-25-23-21-19-17-15-13-2)56-47(53)52-49(5,6)44-48(3,4)45-51(9,10)55-43-42-50(7,8)54-11/h46H,12-45H2,1-11H3,(H,52,53).